The van der Waals surface area contributed by atoms with Gasteiger partial charge in [-0.05, 0) is 25.1 Å². The molecule has 1 saturated heterocycles. The molecule has 9 nitrogen and oxygen atoms in total. The van der Waals surface area contributed by atoms with E-state index in [-0.39, 0.29) is 5.56 Å². The predicted octanol–water partition coefficient (Wildman–Crippen LogP) is 1.67. The molecule has 1 aliphatic heterocycles. The van der Waals surface area contributed by atoms with Crippen molar-refractivity contribution in [3.63, 3.8) is 0 Å². The Kier molecular flexibility index (Phi) is 4.72. The normalized spacial score (nSPS) is 14.4. The van der Waals surface area contributed by atoms with Crippen LogP contribution in [0.4, 0.5) is 5.82 Å². The molecular formula is C21H22N8O. The number of aromatic amines is 1. The van der Waals surface area contributed by atoms with Gasteiger partial charge in [-0.1, -0.05) is 6.07 Å². The summed E-state index contributed by atoms with van der Waals surface area (Å²) in [6.07, 6.45) is 4.80. The van der Waals surface area contributed by atoms with Crippen molar-refractivity contribution in [2.75, 3.05) is 31.1 Å². The molecule has 30 heavy (non-hydrogen) atoms. The molecule has 2 N–H and O–H groups in total. The molecule has 0 aliphatic carbocycles. The summed E-state index contributed by atoms with van der Waals surface area (Å²) in [5.74, 6) is 0.942. The Morgan fingerprint density at radius 3 is 2.83 bits per heavy atom. The second-order valence-corrected chi connectivity index (χ2v) is 7.20. The number of piperazine rings is 1. The van der Waals surface area contributed by atoms with Gasteiger partial charge in [-0.15, -0.1) is 0 Å². The quantitative estimate of drug-likeness (QED) is 0.535. The summed E-state index contributed by atoms with van der Waals surface area (Å²) in [6.45, 7) is 6.22. The van der Waals surface area contributed by atoms with Crippen LogP contribution < -0.4 is 15.8 Å². The molecule has 0 saturated carbocycles. The van der Waals surface area contributed by atoms with Crippen molar-refractivity contribution >= 4 is 16.7 Å². The van der Waals surface area contributed by atoms with E-state index < -0.39 is 0 Å². The maximum absolute atomic E-state index is 12.7. The van der Waals surface area contributed by atoms with Crippen LogP contribution in [0, 0.1) is 0 Å². The van der Waals surface area contributed by atoms with Crippen molar-refractivity contribution in [1.29, 1.82) is 0 Å². The van der Waals surface area contributed by atoms with E-state index in [9.17, 15) is 4.79 Å². The maximum atomic E-state index is 12.7. The van der Waals surface area contributed by atoms with Gasteiger partial charge in [0.25, 0.3) is 5.56 Å². The number of rotatable bonds is 4. The second-order valence-electron chi connectivity index (χ2n) is 7.20. The fraction of sp³-hybridized carbons (Fsp3) is 0.286. The van der Waals surface area contributed by atoms with Gasteiger partial charge in [-0.3, -0.25) is 19.4 Å². The minimum Gasteiger partial charge on any atom is -0.354 e. The monoisotopic (exact) mass is 402 g/mol. The fourth-order valence-corrected chi connectivity index (χ4v) is 3.74. The largest absolute Gasteiger partial charge is 0.354 e. The van der Waals surface area contributed by atoms with E-state index in [1.807, 2.05) is 31.2 Å². The highest BCUT2D eigenvalue weighted by Crippen LogP contribution is 2.28. The standard InChI is InChI=1S/C21H22N8O/c1-2-28-13-23-11-15(21(28)30)17-10-14-18(12-24-17)26-27-20(14)16-4-3-5-19(25-16)29-8-6-22-7-9-29/h3-5,10-13,22H,2,6-9H2,1H3,(H,26,27). The number of nitrogens with zero attached hydrogens (tertiary/aromatic N) is 6. The molecule has 0 spiro atoms. The Morgan fingerprint density at radius 1 is 1.13 bits per heavy atom. The van der Waals surface area contributed by atoms with Crippen molar-refractivity contribution in [1.82, 2.24) is 35.0 Å². The van der Waals surface area contributed by atoms with E-state index in [0.29, 0.717) is 17.8 Å². The molecule has 5 rings (SSSR count). The summed E-state index contributed by atoms with van der Waals surface area (Å²) in [7, 11) is 0. The average molecular weight is 402 g/mol. The van der Waals surface area contributed by atoms with Crippen LogP contribution in [0.25, 0.3) is 33.5 Å². The van der Waals surface area contributed by atoms with Gasteiger partial charge in [0.05, 0.1) is 35.0 Å². The summed E-state index contributed by atoms with van der Waals surface area (Å²) >= 11 is 0. The first-order valence-electron chi connectivity index (χ1n) is 10.1. The number of hydrogen-bond donors (Lipinski definition) is 2. The van der Waals surface area contributed by atoms with E-state index in [1.54, 1.807) is 23.3 Å². The first kappa shape index (κ1) is 18.4. The summed E-state index contributed by atoms with van der Waals surface area (Å²) in [5.41, 5.74) is 3.25. The molecule has 152 valence electrons. The van der Waals surface area contributed by atoms with Gasteiger partial charge in [0.15, 0.2) is 0 Å². The molecule has 4 aromatic heterocycles. The highest BCUT2D eigenvalue weighted by Gasteiger charge is 2.16. The van der Waals surface area contributed by atoms with Crippen LogP contribution in [0.15, 0.2) is 47.8 Å². The van der Waals surface area contributed by atoms with E-state index in [0.717, 1.165) is 54.3 Å². The Labute approximate surface area is 172 Å². The molecule has 0 amide bonds. The molecule has 9 heteroatoms. The lowest BCUT2D eigenvalue weighted by Crippen LogP contribution is -2.43. The molecule has 0 unspecified atom stereocenters. The predicted molar refractivity (Wildman–Crippen MR) is 115 cm³/mol. The number of H-pyrrole nitrogens is 1. The zero-order valence-corrected chi connectivity index (χ0v) is 16.7. The van der Waals surface area contributed by atoms with Crippen LogP contribution in [0.3, 0.4) is 0 Å². The van der Waals surface area contributed by atoms with E-state index in [1.165, 1.54) is 0 Å². The molecule has 0 aromatic carbocycles. The summed E-state index contributed by atoms with van der Waals surface area (Å²) < 4.78 is 1.57. The molecule has 0 atom stereocenters. The van der Waals surface area contributed by atoms with E-state index in [4.69, 9.17) is 4.98 Å². The van der Waals surface area contributed by atoms with E-state index >= 15 is 0 Å². The van der Waals surface area contributed by atoms with Crippen LogP contribution in [0.2, 0.25) is 0 Å². The summed E-state index contributed by atoms with van der Waals surface area (Å²) in [5, 5.41) is 11.7. The topological polar surface area (TPSA) is 105 Å². The third kappa shape index (κ3) is 3.22. The lowest BCUT2D eigenvalue weighted by molar-refractivity contribution is 0.585. The van der Waals surface area contributed by atoms with Crippen LogP contribution in [0.1, 0.15) is 6.92 Å². The first-order chi connectivity index (χ1) is 14.7. The van der Waals surface area contributed by atoms with Gasteiger partial charge < -0.3 is 10.2 Å². The van der Waals surface area contributed by atoms with Crippen molar-refractivity contribution < 1.29 is 0 Å². The number of hydrogen-bond acceptors (Lipinski definition) is 7. The van der Waals surface area contributed by atoms with Crippen LogP contribution >= 0.6 is 0 Å². The molecular weight excluding hydrogens is 380 g/mol. The Morgan fingerprint density at radius 2 is 2.00 bits per heavy atom. The third-order valence-corrected chi connectivity index (χ3v) is 5.38. The van der Waals surface area contributed by atoms with Crippen LogP contribution in [-0.2, 0) is 6.54 Å². The molecule has 5 heterocycles. The van der Waals surface area contributed by atoms with Gasteiger partial charge in [-0.25, -0.2) is 9.97 Å². The number of fused-ring (bicyclic) bond motifs is 1. The second kappa shape index (κ2) is 7.68. The first-order valence-corrected chi connectivity index (χ1v) is 10.1. The van der Waals surface area contributed by atoms with Crippen molar-refractivity contribution in [2.24, 2.45) is 0 Å². The fourth-order valence-electron chi connectivity index (χ4n) is 3.74. The Balaban J connectivity index is 1.58. The minimum absolute atomic E-state index is 0.108. The highest BCUT2D eigenvalue weighted by molar-refractivity contribution is 5.93. The third-order valence-electron chi connectivity index (χ3n) is 5.38. The average Bonchev–Trinajstić information content (AvgIpc) is 3.23. The number of anilines is 1. The number of aryl methyl sites for hydroxylation is 1. The van der Waals surface area contributed by atoms with Gasteiger partial charge in [0.1, 0.15) is 11.5 Å². The number of nitrogens with one attached hydrogen (secondary N) is 2. The SMILES string of the molecule is CCn1cncc(-c2cc3c(-c4cccc(N5CCNCC5)n4)n[nH]c3cn2)c1=O. The molecule has 4 aromatic rings. The summed E-state index contributed by atoms with van der Waals surface area (Å²) in [4.78, 5) is 28.4. The van der Waals surface area contributed by atoms with Crippen molar-refractivity contribution in [3.05, 3.63) is 53.3 Å². The Hall–Kier alpha value is -3.59. The maximum Gasteiger partial charge on any atom is 0.262 e. The van der Waals surface area contributed by atoms with E-state index in [2.05, 4.69) is 30.4 Å². The van der Waals surface area contributed by atoms with Crippen molar-refractivity contribution in [2.45, 2.75) is 13.5 Å². The highest BCUT2D eigenvalue weighted by atomic mass is 16.1. The summed E-state index contributed by atoms with van der Waals surface area (Å²) in [6, 6.07) is 7.87. The molecule has 0 bridgehead atoms. The molecule has 1 fully saturated rings. The van der Waals surface area contributed by atoms with Gasteiger partial charge in [0, 0.05) is 44.3 Å². The van der Waals surface area contributed by atoms with Gasteiger partial charge in [-0.2, -0.15) is 5.10 Å². The molecule has 1 aliphatic rings. The van der Waals surface area contributed by atoms with Crippen molar-refractivity contribution in [3.8, 4) is 22.6 Å². The molecule has 0 radical (unpaired) electrons. The minimum atomic E-state index is -0.108. The zero-order chi connectivity index (χ0) is 20.5. The smallest absolute Gasteiger partial charge is 0.262 e. The number of aromatic nitrogens is 6. The van der Waals surface area contributed by atoms with Crippen LogP contribution in [-0.4, -0.2) is 55.9 Å². The zero-order valence-electron chi connectivity index (χ0n) is 16.7. The Bertz CT molecular complexity index is 1260. The van der Waals surface area contributed by atoms with Gasteiger partial charge >= 0.3 is 0 Å². The lowest BCUT2D eigenvalue weighted by Gasteiger charge is -2.28. The lowest BCUT2D eigenvalue weighted by atomic mass is 10.1. The van der Waals surface area contributed by atoms with Crippen LogP contribution in [0.5, 0.6) is 0 Å². The van der Waals surface area contributed by atoms with Gasteiger partial charge in [0.2, 0.25) is 0 Å². The number of pyridine rings is 2.